The highest BCUT2D eigenvalue weighted by atomic mass is 32.1. The molecule has 2 aromatic heterocycles. The van der Waals surface area contributed by atoms with Crippen molar-refractivity contribution in [3.8, 4) is 0 Å². The van der Waals surface area contributed by atoms with Crippen molar-refractivity contribution in [2.45, 2.75) is 6.04 Å². The maximum Gasteiger partial charge on any atom is 0.352 e. The lowest BCUT2D eigenvalue weighted by molar-refractivity contribution is -0.132. The molecule has 0 saturated carbocycles. The van der Waals surface area contributed by atoms with Crippen LogP contribution < -0.4 is 5.32 Å². The Hall–Kier alpha value is -2.22. The summed E-state index contributed by atoms with van der Waals surface area (Å²) in [5, 5.41) is 26.7. The summed E-state index contributed by atoms with van der Waals surface area (Å²) in [6, 6.07) is 1.64. The van der Waals surface area contributed by atoms with E-state index in [1.165, 1.54) is 0 Å². The second-order valence-electron chi connectivity index (χ2n) is 3.46. The Balaban J connectivity index is 2.10. The maximum absolute atomic E-state index is 11.0. The SMILES string of the molecule is O=C(O)C1=CC(c2ccsc2)n2nnnc2N1. The summed E-state index contributed by atoms with van der Waals surface area (Å²) in [4.78, 5) is 11.0. The minimum absolute atomic E-state index is 0.0866. The van der Waals surface area contributed by atoms with E-state index in [-0.39, 0.29) is 11.7 Å². The highest BCUT2D eigenvalue weighted by Crippen LogP contribution is 2.28. The Morgan fingerprint density at radius 3 is 3.18 bits per heavy atom. The van der Waals surface area contributed by atoms with Gasteiger partial charge in [-0.05, 0) is 38.9 Å². The Labute approximate surface area is 99.4 Å². The number of carbonyl (C=O) groups is 1. The molecule has 3 heterocycles. The molecule has 0 fully saturated rings. The van der Waals surface area contributed by atoms with Crippen molar-refractivity contribution in [3.05, 3.63) is 34.2 Å². The summed E-state index contributed by atoms with van der Waals surface area (Å²) in [6.45, 7) is 0. The average Bonchev–Trinajstić information content (AvgIpc) is 2.98. The van der Waals surface area contributed by atoms with Crippen molar-refractivity contribution >= 4 is 23.3 Å². The first-order valence-corrected chi connectivity index (χ1v) is 5.72. The standard InChI is InChI=1S/C9H7N5O2S/c15-8(16)6-3-7(5-1-2-17-4-5)14-9(10-6)11-12-13-14/h1-4,7H,(H,15,16)(H,10,11,13). The van der Waals surface area contributed by atoms with Crippen molar-refractivity contribution in [1.82, 2.24) is 20.2 Å². The zero-order chi connectivity index (χ0) is 11.8. The third-order valence-corrected chi connectivity index (χ3v) is 3.14. The van der Waals surface area contributed by atoms with Crippen LogP contribution in [0.3, 0.4) is 0 Å². The molecule has 0 aliphatic carbocycles. The lowest BCUT2D eigenvalue weighted by Gasteiger charge is -2.20. The van der Waals surface area contributed by atoms with E-state index >= 15 is 0 Å². The van der Waals surface area contributed by atoms with Crippen molar-refractivity contribution in [1.29, 1.82) is 0 Å². The van der Waals surface area contributed by atoms with Crippen LogP contribution in [0.15, 0.2) is 28.6 Å². The molecule has 0 radical (unpaired) electrons. The summed E-state index contributed by atoms with van der Waals surface area (Å²) < 4.78 is 1.55. The summed E-state index contributed by atoms with van der Waals surface area (Å²) in [5.41, 5.74) is 1.05. The second kappa shape index (κ2) is 3.67. The first kappa shape index (κ1) is 9.97. The minimum Gasteiger partial charge on any atom is -0.477 e. The van der Waals surface area contributed by atoms with Gasteiger partial charge in [-0.2, -0.15) is 16.0 Å². The molecule has 2 N–H and O–H groups in total. The molecule has 1 aliphatic heterocycles. The summed E-state index contributed by atoms with van der Waals surface area (Å²) >= 11 is 1.54. The quantitative estimate of drug-likeness (QED) is 0.814. The van der Waals surface area contributed by atoms with Crippen LogP contribution in [0.4, 0.5) is 5.95 Å². The predicted octanol–water partition coefficient (Wildman–Crippen LogP) is 0.718. The van der Waals surface area contributed by atoms with E-state index in [0.717, 1.165) is 5.56 Å². The first-order chi connectivity index (χ1) is 8.25. The van der Waals surface area contributed by atoms with E-state index in [9.17, 15) is 4.79 Å². The van der Waals surface area contributed by atoms with Crippen molar-refractivity contribution in [3.63, 3.8) is 0 Å². The maximum atomic E-state index is 11.0. The van der Waals surface area contributed by atoms with Crippen LogP contribution in [0.5, 0.6) is 0 Å². The molecule has 1 aliphatic rings. The fraction of sp³-hybridized carbons (Fsp3) is 0.111. The van der Waals surface area contributed by atoms with Crippen molar-refractivity contribution in [2.24, 2.45) is 0 Å². The number of anilines is 1. The number of aromatic nitrogens is 4. The third-order valence-electron chi connectivity index (χ3n) is 2.44. The number of nitrogens with zero attached hydrogens (tertiary/aromatic N) is 4. The van der Waals surface area contributed by atoms with Gasteiger partial charge in [-0.25, -0.2) is 4.79 Å². The highest BCUT2D eigenvalue weighted by Gasteiger charge is 2.26. The molecule has 0 bridgehead atoms. The van der Waals surface area contributed by atoms with E-state index in [0.29, 0.717) is 5.95 Å². The number of hydrogen-bond donors (Lipinski definition) is 2. The molecule has 2 aromatic rings. The molecular weight excluding hydrogens is 242 g/mol. The number of thiophene rings is 1. The van der Waals surface area contributed by atoms with Crippen LogP contribution in [0.1, 0.15) is 11.6 Å². The Morgan fingerprint density at radius 1 is 1.59 bits per heavy atom. The van der Waals surface area contributed by atoms with E-state index in [1.807, 2.05) is 16.8 Å². The van der Waals surface area contributed by atoms with Gasteiger partial charge >= 0.3 is 5.97 Å². The molecule has 86 valence electrons. The molecule has 1 unspecified atom stereocenters. The van der Waals surface area contributed by atoms with Gasteiger partial charge in [0.2, 0.25) is 5.95 Å². The number of carboxylic acid groups (broad SMARTS) is 1. The number of allylic oxidation sites excluding steroid dienone is 1. The number of aliphatic carboxylic acids is 1. The van der Waals surface area contributed by atoms with Crippen molar-refractivity contribution < 1.29 is 9.90 Å². The minimum atomic E-state index is -1.03. The Kier molecular flexibility index (Phi) is 2.15. The third kappa shape index (κ3) is 1.58. The smallest absolute Gasteiger partial charge is 0.352 e. The Morgan fingerprint density at radius 2 is 2.47 bits per heavy atom. The summed E-state index contributed by atoms with van der Waals surface area (Å²) in [5.74, 6) is -0.694. The zero-order valence-electron chi connectivity index (χ0n) is 8.44. The molecule has 0 saturated heterocycles. The van der Waals surface area contributed by atoms with Gasteiger partial charge in [0, 0.05) is 0 Å². The van der Waals surface area contributed by atoms with Crippen LogP contribution in [-0.2, 0) is 4.79 Å². The number of tetrazole rings is 1. The van der Waals surface area contributed by atoms with E-state index in [4.69, 9.17) is 5.11 Å². The van der Waals surface area contributed by atoms with Gasteiger partial charge in [0.15, 0.2) is 0 Å². The van der Waals surface area contributed by atoms with Crippen LogP contribution >= 0.6 is 11.3 Å². The molecular formula is C9H7N5O2S. The molecule has 0 spiro atoms. The molecule has 8 heteroatoms. The number of fused-ring (bicyclic) bond motifs is 1. The summed E-state index contributed by atoms with van der Waals surface area (Å²) in [6.07, 6.45) is 1.59. The normalized spacial score (nSPS) is 18.1. The second-order valence-corrected chi connectivity index (χ2v) is 4.24. The summed E-state index contributed by atoms with van der Waals surface area (Å²) in [7, 11) is 0. The largest absolute Gasteiger partial charge is 0.477 e. The first-order valence-electron chi connectivity index (χ1n) is 4.78. The molecule has 0 amide bonds. The van der Waals surface area contributed by atoms with Gasteiger partial charge in [0.25, 0.3) is 0 Å². The predicted molar refractivity (Wildman–Crippen MR) is 59.6 cm³/mol. The molecule has 1 atom stereocenters. The zero-order valence-corrected chi connectivity index (χ0v) is 9.26. The number of carboxylic acids is 1. The van der Waals surface area contributed by atoms with Gasteiger partial charge < -0.3 is 10.4 Å². The number of nitrogens with one attached hydrogen (secondary N) is 1. The van der Waals surface area contributed by atoms with Gasteiger partial charge in [-0.3, -0.25) is 0 Å². The molecule has 3 rings (SSSR count). The fourth-order valence-corrected chi connectivity index (χ4v) is 2.35. The lowest BCUT2D eigenvalue weighted by Crippen LogP contribution is -2.24. The Bertz CT molecular complexity index is 588. The van der Waals surface area contributed by atoms with Crippen LogP contribution in [-0.4, -0.2) is 31.3 Å². The van der Waals surface area contributed by atoms with E-state index in [1.54, 1.807) is 22.1 Å². The van der Waals surface area contributed by atoms with Crippen LogP contribution in [0.25, 0.3) is 0 Å². The molecule has 17 heavy (non-hydrogen) atoms. The fourth-order valence-electron chi connectivity index (χ4n) is 1.66. The van der Waals surface area contributed by atoms with Crippen LogP contribution in [0.2, 0.25) is 0 Å². The number of rotatable bonds is 2. The lowest BCUT2D eigenvalue weighted by atomic mass is 10.1. The van der Waals surface area contributed by atoms with Gasteiger partial charge in [0.1, 0.15) is 11.7 Å². The van der Waals surface area contributed by atoms with Gasteiger partial charge in [-0.15, -0.1) is 0 Å². The monoisotopic (exact) mass is 249 g/mol. The van der Waals surface area contributed by atoms with E-state index < -0.39 is 5.97 Å². The van der Waals surface area contributed by atoms with Crippen molar-refractivity contribution in [2.75, 3.05) is 5.32 Å². The van der Waals surface area contributed by atoms with Crippen LogP contribution in [0, 0.1) is 0 Å². The number of hydrogen-bond acceptors (Lipinski definition) is 6. The van der Waals surface area contributed by atoms with E-state index in [2.05, 4.69) is 20.8 Å². The average molecular weight is 249 g/mol. The van der Waals surface area contributed by atoms with Gasteiger partial charge in [0.05, 0.1) is 0 Å². The molecule has 0 aromatic carbocycles. The van der Waals surface area contributed by atoms with Gasteiger partial charge in [-0.1, -0.05) is 5.10 Å². The molecule has 7 nitrogen and oxygen atoms in total. The highest BCUT2D eigenvalue weighted by molar-refractivity contribution is 7.08. The topological polar surface area (TPSA) is 92.9 Å².